The predicted molar refractivity (Wildman–Crippen MR) is 77.2 cm³/mol. The van der Waals surface area contributed by atoms with Crippen LogP contribution in [-0.2, 0) is 22.5 Å². The molecule has 106 valence electrons. The maximum absolute atomic E-state index is 12.5. The molecule has 2 rings (SSSR count). The van der Waals surface area contributed by atoms with Gasteiger partial charge in [0.25, 0.3) is 0 Å². The number of Topliss-reactive ketones (excluding diaryl/α,β-unsaturated/α-hetero) is 1. The van der Waals surface area contributed by atoms with E-state index < -0.39 is 0 Å². The van der Waals surface area contributed by atoms with Crippen molar-refractivity contribution < 1.29 is 9.53 Å². The van der Waals surface area contributed by atoms with Gasteiger partial charge in [-0.1, -0.05) is 6.92 Å². The SMILES string of the molecule is CCC1OCCC1C(=O)Cc1c(Br)c(C)nn1CC. The number of hydrogen-bond donors (Lipinski definition) is 0. The van der Waals surface area contributed by atoms with Gasteiger partial charge in [0.15, 0.2) is 0 Å². The number of rotatable bonds is 5. The van der Waals surface area contributed by atoms with Gasteiger partial charge in [0.1, 0.15) is 5.78 Å². The third-order valence-corrected chi connectivity index (χ3v) is 4.85. The molecule has 4 nitrogen and oxygen atoms in total. The minimum atomic E-state index is 0.0532. The monoisotopic (exact) mass is 328 g/mol. The molecule has 0 bridgehead atoms. The third kappa shape index (κ3) is 2.92. The van der Waals surface area contributed by atoms with Crippen LogP contribution in [0, 0.1) is 12.8 Å². The van der Waals surface area contributed by atoms with Crippen LogP contribution in [0.3, 0.4) is 0 Å². The van der Waals surface area contributed by atoms with E-state index in [2.05, 4.69) is 28.0 Å². The molecule has 0 amide bonds. The highest BCUT2D eigenvalue weighted by atomic mass is 79.9. The quantitative estimate of drug-likeness (QED) is 0.834. The van der Waals surface area contributed by atoms with Crippen molar-refractivity contribution in [1.82, 2.24) is 9.78 Å². The van der Waals surface area contributed by atoms with Crippen LogP contribution in [0.25, 0.3) is 0 Å². The minimum Gasteiger partial charge on any atom is -0.377 e. The second-order valence-electron chi connectivity index (χ2n) is 5.02. The molecular formula is C14H21BrN2O2. The Balaban J connectivity index is 2.15. The molecule has 2 unspecified atom stereocenters. The molecule has 0 N–H and O–H groups in total. The van der Waals surface area contributed by atoms with Gasteiger partial charge in [-0.2, -0.15) is 5.10 Å². The fourth-order valence-corrected chi connectivity index (χ4v) is 3.18. The molecule has 0 saturated carbocycles. The van der Waals surface area contributed by atoms with E-state index in [1.165, 1.54) is 0 Å². The van der Waals surface area contributed by atoms with Crippen LogP contribution in [0.4, 0.5) is 0 Å². The van der Waals surface area contributed by atoms with Gasteiger partial charge < -0.3 is 4.74 Å². The lowest BCUT2D eigenvalue weighted by molar-refractivity contribution is -0.124. The number of carbonyl (C=O) groups is 1. The molecule has 19 heavy (non-hydrogen) atoms. The normalized spacial score (nSPS) is 22.9. The predicted octanol–water partition coefficient (Wildman–Crippen LogP) is 2.90. The number of ketones is 1. The molecule has 1 saturated heterocycles. The molecular weight excluding hydrogens is 308 g/mol. The van der Waals surface area contributed by atoms with Gasteiger partial charge in [-0.15, -0.1) is 0 Å². The van der Waals surface area contributed by atoms with E-state index in [4.69, 9.17) is 4.74 Å². The van der Waals surface area contributed by atoms with Crippen molar-refractivity contribution in [3.8, 4) is 0 Å². The van der Waals surface area contributed by atoms with Crippen molar-refractivity contribution in [3.63, 3.8) is 0 Å². The third-order valence-electron chi connectivity index (χ3n) is 3.82. The molecule has 5 heteroatoms. The van der Waals surface area contributed by atoms with Crippen LogP contribution in [0.2, 0.25) is 0 Å². The lowest BCUT2D eigenvalue weighted by atomic mass is 9.92. The van der Waals surface area contributed by atoms with Crippen molar-refractivity contribution >= 4 is 21.7 Å². The molecule has 0 spiro atoms. The summed E-state index contributed by atoms with van der Waals surface area (Å²) >= 11 is 3.54. The van der Waals surface area contributed by atoms with Crippen molar-refractivity contribution in [2.24, 2.45) is 5.92 Å². The number of halogens is 1. The van der Waals surface area contributed by atoms with Crippen molar-refractivity contribution in [1.29, 1.82) is 0 Å². The Hall–Kier alpha value is -0.680. The molecule has 0 aliphatic carbocycles. The number of carbonyl (C=O) groups excluding carboxylic acids is 1. The molecule has 2 atom stereocenters. The highest BCUT2D eigenvalue weighted by Crippen LogP contribution is 2.28. The highest BCUT2D eigenvalue weighted by molar-refractivity contribution is 9.10. The largest absolute Gasteiger partial charge is 0.377 e. The zero-order chi connectivity index (χ0) is 14.0. The second-order valence-corrected chi connectivity index (χ2v) is 5.81. The second kappa shape index (κ2) is 6.18. The van der Waals surface area contributed by atoms with E-state index in [-0.39, 0.29) is 17.8 Å². The summed E-state index contributed by atoms with van der Waals surface area (Å²) in [6.45, 7) is 7.57. The Kier molecular flexibility index (Phi) is 4.79. The van der Waals surface area contributed by atoms with Crippen LogP contribution in [0.5, 0.6) is 0 Å². The first-order chi connectivity index (χ1) is 9.08. The maximum Gasteiger partial charge on any atom is 0.144 e. The van der Waals surface area contributed by atoms with Gasteiger partial charge in [-0.05, 0) is 42.6 Å². The highest BCUT2D eigenvalue weighted by Gasteiger charge is 2.33. The number of aryl methyl sites for hydroxylation is 2. The zero-order valence-electron chi connectivity index (χ0n) is 11.8. The molecule has 1 fully saturated rings. The lowest BCUT2D eigenvalue weighted by Crippen LogP contribution is -2.26. The van der Waals surface area contributed by atoms with Crippen molar-refractivity contribution in [3.05, 3.63) is 15.9 Å². The van der Waals surface area contributed by atoms with E-state index in [0.717, 1.165) is 35.2 Å². The van der Waals surface area contributed by atoms with E-state index in [9.17, 15) is 4.79 Å². The summed E-state index contributed by atoms with van der Waals surface area (Å²) in [7, 11) is 0. The van der Waals surface area contributed by atoms with Crippen molar-refractivity contribution in [2.45, 2.75) is 52.7 Å². The van der Waals surface area contributed by atoms with Crippen LogP contribution in [-0.4, -0.2) is 28.3 Å². The van der Waals surface area contributed by atoms with Gasteiger partial charge in [-0.25, -0.2) is 0 Å². The fourth-order valence-electron chi connectivity index (χ4n) is 2.75. The van der Waals surface area contributed by atoms with Gasteiger partial charge in [0.2, 0.25) is 0 Å². The standard InChI is InChI=1S/C14H21BrN2O2/c1-4-13-10(6-7-19-13)12(18)8-11-14(15)9(3)16-17(11)5-2/h10,13H,4-8H2,1-3H3. The van der Waals surface area contributed by atoms with E-state index >= 15 is 0 Å². The van der Waals surface area contributed by atoms with E-state index in [1.54, 1.807) is 0 Å². The summed E-state index contributed by atoms with van der Waals surface area (Å²) in [4.78, 5) is 12.5. The van der Waals surface area contributed by atoms with E-state index in [0.29, 0.717) is 13.0 Å². The first kappa shape index (κ1) is 14.7. The summed E-state index contributed by atoms with van der Waals surface area (Å²) in [5, 5.41) is 4.43. The van der Waals surface area contributed by atoms with Crippen LogP contribution in [0.15, 0.2) is 4.47 Å². The summed E-state index contributed by atoms with van der Waals surface area (Å²) in [6.07, 6.45) is 2.31. The smallest absolute Gasteiger partial charge is 0.144 e. The summed E-state index contributed by atoms with van der Waals surface area (Å²) < 4.78 is 8.49. The summed E-state index contributed by atoms with van der Waals surface area (Å²) in [6, 6.07) is 0. The lowest BCUT2D eigenvalue weighted by Gasteiger charge is -2.16. The molecule has 0 radical (unpaired) electrons. The number of aromatic nitrogens is 2. The number of ether oxygens (including phenoxy) is 1. The van der Waals surface area contributed by atoms with Crippen LogP contribution in [0.1, 0.15) is 38.1 Å². The molecule has 1 aromatic heterocycles. The Morgan fingerprint density at radius 3 is 2.89 bits per heavy atom. The average Bonchev–Trinajstić information content (AvgIpc) is 2.98. The fraction of sp³-hybridized carbons (Fsp3) is 0.714. The maximum atomic E-state index is 12.5. The van der Waals surface area contributed by atoms with E-state index in [1.807, 2.05) is 18.5 Å². The molecule has 1 aromatic rings. The summed E-state index contributed by atoms with van der Waals surface area (Å²) in [5.74, 6) is 0.331. The zero-order valence-corrected chi connectivity index (χ0v) is 13.4. The van der Waals surface area contributed by atoms with Gasteiger partial charge >= 0.3 is 0 Å². The molecule has 1 aliphatic heterocycles. The van der Waals surface area contributed by atoms with Crippen LogP contribution < -0.4 is 0 Å². The van der Waals surface area contributed by atoms with Gasteiger partial charge in [-0.3, -0.25) is 9.48 Å². The first-order valence-corrected chi connectivity index (χ1v) is 7.73. The first-order valence-electron chi connectivity index (χ1n) is 6.94. The molecule has 1 aliphatic rings. The number of nitrogens with zero attached hydrogens (tertiary/aromatic N) is 2. The van der Waals surface area contributed by atoms with Crippen LogP contribution >= 0.6 is 15.9 Å². The molecule has 0 aromatic carbocycles. The van der Waals surface area contributed by atoms with Gasteiger partial charge in [0.05, 0.1) is 22.0 Å². The van der Waals surface area contributed by atoms with Crippen molar-refractivity contribution in [2.75, 3.05) is 6.61 Å². The topological polar surface area (TPSA) is 44.1 Å². The average molecular weight is 329 g/mol. The summed E-state index contributed by atoms with van der Waals surface area (Å²) in [5.41, 5.74) is 1.94. The van der Waals surface area contributed by atoms with Gasteiger partial charge in [0, 0.05) is 25.5 Å². The Bertz CT molecular complexity index is 470. The number of hydrogen-bond acceptors (Lipinski definition) is 3. The Labute approximate surface area is 122 Å². The minimum absolute atomic E-state index is 0.0532. The molecule has 2 heterocycles. The Morgan fingerprint density at radius 2 is 2.26 bits per heavy atom. The Morgan fingerprint density at radius 1 is 1.53 bits per heavy atom.